The van der Waals surface area contributed by atoms with Crippen molar-refractivity contribution in [3.8, 4) is 5.75 Å². The molecule has 0 saturated heterocycles. The average molecular weight is 326 g/mol. The van der Waals surface area contributed by atoms with E-state index < -0.39 is 7.37 Å². The van der Waals surface area contributed by atoms with E-state index in [0.29, 0.717) is 23.0 Å². The second kappa shape index (κ2) is 6.57. The Morgan fingerprint density at radius 2 is 1.96 bits per heavy atom. The number of para-hydroxylation sites is 1. The minimum atomic E-state index is -3.11. The van der Waals surface area contributed by atoms with E-state index in [1.54, 1.807) is 12.1 Å². The van der Waals surface area contributed by atoms with Crippen LogP contribution in [0.3, 0.4) is 0 Å². The molecule has 0 aliphatic carbocycles. The molecule has 4 heteroatoms. The molecule has 0 amide bonds. The van der Waals surface area contributed by atoms with Crippen molar-refractivity contribution in [2.24, 2.45) is 0 Å². The molecule has 0 fully saturated rings. The predicted octanol–water partition coefficient (Wildman–Crippen LogP) is 4.88. The second-order valence-corrected chi connectivity index (χ2v) is 7.70. The molecule has 1 heterocycles. The Kier molecular flexibility index (Phi) is 4.51. The molecule has 0 radical (unpaired) electrons. The van der Waals surface area contributed by atoms with Crippen molar-refractivity contribution >= 4 is 18.7 Å². The normalized spacial score (nSPS) is 20.0. The third kappa shape index (κ3) is 3.17. The monoisotopic (exact) mass is 326 g/mol. The quantitative estimate of drug-likeness (QED) is 0.751. The van der Waals surface area contributed by atoms with Gasteiger partial charge in [-0.3, -0.25) is 4.57 Å². The molecule has 0 N–H and O–H groups in total. The van der Waals surface area contributed by atoms with Crippen LogP contribution in [0.5, 0.6) is 5.75 Å². The average Bonchev–Trinajstić information content (AvgIpc) is 2.55. The Balaban J connectivity index is 1.98. The number of hydrogen-bond donors (Lipinski definition) is 0. The molecule has 2 aromatic carbocycles. The van der Waals surface area contributed by atoms with Gasteiger partial charge in [0, 0.05) is 0 Å². The van der Waals surface area contributed by atoms with Crippen LogP contribution in [0.2, 0.25) is 0 Å². The highest BCUT2D eigenvalue weighted by Crippen LogP contribution is 2.58. The van der Waals surface area contributed by atoms with Crippen LogP contribution in [0.4, 0.5) is 0 Å². The summed E-state index contributed by atoms with van der Waals surface area (Å²) in [6.45, 7) is 4.27. The molecular formula is C19H19O3P. The lowest BCUT2D eigenvalue weighted by molar-refractivity contribution is 0.342. The number of rotatable bonds is 4. The lowest BCUT2D eigenvalue weighted by Gasteiger charge is -2.25. The summed E-state index contributed by atoms with van der Waals surface area (Å²) in [6.07, 6.45) is 5.29. The van der Waals surface area contributed by atoms with Gasteiger partial charge in [0.05, 0.1) is 17.2 Å². The maximum absolute atomic E-state index is 13.5. The van der Waals surface area contributed by atoms with Crippen LogP contribution in [-0.2, 0) is 9.09 Å². The number of fused-ring (bicyclic) bond motifs is 1. The van der Waals surface area contributed by atoms with Gasteiger partial charge in [-0.2, -0.15) is 0 Å². The zero-order chi connectivity index (χ0) is 16.3. The van der Waals surface area contributed by atoms with Crippen LogP contribution in [0.1, 0.15) is 18.1 Å². The van der Waals surface area contributed by atoms with E-state index in [9.17, 15) is 4.57 Å². The van der Waals surface area contributed by atoms with Crippen LogP contribution >= 0.6 is 7.37 Å². The van der Waals surface area contributed by atoms with Crippen molar-refractivity contribution < 1.29 is 13.8 Å². The van der Waals surface area contributed by atoms with Gasteiger partial charge < -0.3 is 9.26 Å². The molecule has 0 aromatic heterocycles. The van der Waals surface area contributed by atoms with E-state index >= 15 is 0 Å². The summed E-state index contributed by atoms with van der Waals surface area (Å²) in [7, 11) is -3.11. The molecule has 1 atom stereocenters. The summed E-state index contributed by atoms with van der Waals surface area (Å²) in [5, 5.41) is 1.19. The van der Waals surface area contributed by atoms with Gasteiger partial charge in [0.1, 0.15) is 12.0 Å². The minimum Gasteiger partial charge on any atom is -0.463 e. The maximum atomic E-state index is 13.5. The summed E-state index contributed by atoms with van der Waals surface area (Å²) < 4.78 is 24.8. The maximum Gasteiger partial charge on any atom is 0.268 e. The van der Waals surface area contributed by atoms with Gasteiger partial charge in [0.15, 0.2) is 0 Å². The van der Waals surface area contributed by atoms with Crippen LogP contribution in [0.15, 0.2) is 66.2 Å². The first-order valence-electron chi connectivity index (χ1n) is 7.60. The SMILES string of the molecule is CCOP1(=O)C(/C=C/c2cccc(C)c2)=COc2ccccc21. The van der Waals surface area contributed by atoms with E-state index in [1.807, 2.05) is 56.3 Å². The first-order chi connectivity index (χ1) is 11.1. The summed E-state index contributed by atoms with van der Waals surface area (Å²) in [4.78, 5) is 0. The smallest absolute Gasteiger partial charge is 0.268 e. The largest absolute Gasteiger partial charge is 0.463 e. The molecule has 3 nitrogen and oxygen atoms in total. The van der Waals surface area contributed by atoms with Gasteiger partial charge >= 0.3 is 0 Å². The molecule has 23 heavy (non-hydrogen) atoms. The fourth-order valence-corrected chi connectivity index (χ4v) is 4.64. The van der Waals surface area contributed by atoms with Crippen LogP contribution in [0.25, 0.3) is 6.08 Å². The molecule has 118 valence electrons. The minimum absolute atomic E-state index is 0.376. The fourth-order valence-electron chi connectivity index (χ4n) is 2.55. The molecule has 0 bridgehead atoms. The molecule has 3 rings (SSSR count). The van der Waals surface area contributed by atoms with Gasteiger partial charge in [-0.05, 0) is 37.6 Å². The first kappa shape index (κ1) is 15.8. The summed E-state index contributed by atoms with van der Waals surface area (Å²) >= 11 is 0. The Bertz CT molecular complexity index is 821. The second-order valence-electron chi connectivity index (χ2n) is 5.35. The van der Waals surface area contributed by atoms with Crippen molar-refractivity contribution in [2.75, 3.05) is 6.61 Å². The Labute approximate surface area is 136 Å². The van der Waals surface area contributed by atoms with Crippen molar-refractivity contribution in [1.29, 1.82) is 0 Å². The highest BCUT2D eigenvalue weighted by molar-refractivity contribution is 7.71. The zero-order valence-corrected chi connectivity index (χ0v) is 14.1. The number of ether oxygens (including phenoxy) is 1. The van der Waals surface area contributed by atoms with Crippen LogP contribution < -0.4 is 10.0 Å². The third-order valence-corrected chi connectivity index (χ3v) is 6.19. The van der Waals surface area contributed by atoms with Gasteiger partial charge in [0.2, 0.25) is 0 Å². The molecule has 0 spiro atoms. The van der Waals surface area contributed by atoms with Crippen molar-refractivity contribution in [3.63, 3.8) is 0 Å². The highest BCUT2D eigenvalue weighted by atomic mass is 31.2. The Morgan fingerprint density at radius 3 is 2.74 bits per heavy atom. The number of aryl methyl sites for hydroxylation is 1. The standard InChI is InChI=1S/C19H19O3P/c1-3-22-23(20)17(12-11-16-8-6-7-15(2)13-16)14-21-18-9-4-5-10-19(18)23/h4-14H,3H2,1-2H3/b12-11+. The zero-order valence-electron chi connectivity index (χ0n) is 13.2. The fraction of sp³-hybridized carbons (Fsp3) is 0.158. The number of allylic oxidation sites excluding steroid dienone is 2. The lowest BCUT2D eigenvalue weighted by atomic mass is 10.1. The summed E-state index contributed by atoms with van der Waals surface area (Å²) in [6, 6.07) is 15.4. The van der Waals surface area contributed by atoms with Gasteiger partial charge in [-0.1, -0.05) is 48.0 Å². The van der Waals surface area contributed by atoms with E-state index in [2.05, 4.69) is 6.07 Å². The van der Waals surface area contributed by atoms with E-state index in [-0.39, 0.29) is 0 Å². The Morgan fingerprint density at radius 1 is 1.13 bits per heavy atom. The van der Waals surface area contributed by atoms with Crippen molar-refractivity contribution in [2.45, 2.75) is 13.8 Å². The van der Waals surface area contributed by atoms with Crippen molar-refractivity contribution in [3.05, 3.63) is 77.3 Å². The third-order valence-electron chi connectivity index (χ3n) is 3.63. The molecule has 1 aliphatic heterocycles. The van der Waals surface area contributed by atoms with Gasteiger partial charge in [-0.15, -0.1) is 0 Å². The van der Waals surface area contributed by atoms with E-state index in [0.717, 1.165) is 5.56 Å². The predicted molar refractivity (Wildman–Crippen MR) is 94.2 cm³/mol. The van der Waals surface area contributed by atoms with E-state index in [1.165, 1.54) is 11.8 Å². The summed E-state index contributed by atoms with van der Waals surface area (Å²) in [5.41, 5.74) is 2.23. The first-order valence-corrected chi connectivity index (χ1v) is 9.22. The molecule has 0 saturated carbocycles. The van der Waals surface area contributed by atoms with Crippen molar-refractivity contribution in [1.82, 2.24) is 0 Å². The lowest BCUT2D eigenvalue weighted by Crippen LogP contribution is -2.16. The topological polar surface area (TPSA) is 35.5 Å². The molecule has 2 aromatic rings. The number of benzene rings is 2. The van der Waals surface area contributed by atoms with Crippen LogP contribution in [0, 0.1) is 6.92 Å². The van der Waals surface area contributed by atoms with Gasteiger partial charge in [0.25, 0.3) is 7.37 Å². The van der Waals surface area contributed by atoms with Crippen LogP contribution in [-0.4, -0.2) is 6.61 Å². The Hall–Kier alpha value is -2.09. The molecular weight excluding hydrogens is 307 g/mol. The highest BCUT2D eigenvalue weighted by Gasteiger charge is 2.35. The van der Waals surface area contributed by atoms with E-state index in [4.69, 9.17) is 9.26 Å². The molecule has 1 unspecified atom stereocenters. The summed E-state index contributed by atoms with van der Waals surface area (Å²) in [5.74, 6) is 0.594. The number of hydrogen-bond acceptors (Lipinski definition) is 3. The molecule has 1 aliphatic rings. The van der Waals surface area contributed by atoms with Gasteiger partial charge in [-0.25, -0.2) is 0 Å².